The monoisotopic (exact) mass is 105 g/mol. The van der Waals surface area contributed by atoms with E-state index >= 15 is 0 Å². The van der Waals surface area contributed by atoms with Crippen molar-refractivity contribution < 1.29 is 10.2 Å². The van der Waals surface area contributed by atoms with Crippen molar-refractivity contribution in [2.24, 2.45) is 0 Å². The maximum absolute atomic E-state index is 8.51. The molecule has 3 heteroatoms. The van der Waals surface area contributed by atoms with Crippen molar-refractivity contribution in [3.05, 3.63) is 0 Å². The molecule has 44 valence electrons. The molecule has 0 aliphatic carbocycles. The Bertz CT molecular complexity index is 38.7. The summed E-state index contributed by atoms with van der Waals surface area (Å²) in [7, 11) is 0. The van der Waals surface area contributed by atoms with E-state index in [0.717, 1.165) is 0 Å². The Labute approximate surface area is 43.0 Å². The zero-order valence-corrected chi connectivity index (χ0v) is 4.39. The molecule has 0 bridgehead atoms. The first kappa shape index (κ1) is 6.88. The van der Waals surface area contributed by atoms with Crippen LogP contribution in [0.5, 0.6) is 0 Å². The zero-order valence-electron chi connectivity index (χ0n) is 4.39. The average Bonchev–Trinajstić information content (AvgIpc) is 1.61. The van der Waals surface area contributed by atoms with Gasteiger partial charge in [0.2, 0.25) is 0 Å². The van der Waals surface area contributed by atoms with Crippen LogP contribution in [0.1, 0.15) is 6.92 Å². The Kier molecular flexibility index (Phi) is 3.98. The number of hydrogen-bond donors (Lipinski definition) is 3. The van der Waals surface area contributed by atoms with Gasteiger partial charge in [-0.2, -0.15) is 0 Å². The number of nitrogens with one attached hydrogen (secondary N) is 1. The number of hydrogen-bond acceptors (Lipinski definition) is 3. The third-order valence-corrected chi connectivity index (χ3v) is 0.552. The first-order valence-electron chi connectivity index (χ1n) is 2.27. The first-order valence-corrected chi connectivity index (χ1v) is 2.27. The Hall–Kier alpha value is -0.120. The van der Waals surface area contributed by atoms with Crippen molar-refractivity contribution in [2.75, 3.05) is 13.3 Å². The third-order valence-electron chi connectivity index (χ3n) is 0.552. The molecule has 0 heterocycles. The van der Waals surface area contributed by atoms with E-state index < -0.39 is 0 Å². The van der Waals surface area contributed by atoms with Crippen molar-refractivity contribution in [2.45, 2.75) is 13.0 Å². The minimum Gasteiger partial charge on any atom is -0.392 e. The van der Waals surface area contributed by atoms with E-state index in [0.29, 0.717) is 6.54 Å². The van der Waals surface area contributed by atoms with Gasteiger partial charge in [0.15, 0.2) is 0 Å². The second-order valence-electron chi connectivity index (χ2n) is 1.46. The molecule has 1 unspecified atom stereocenters. The molecule has 0 aliphatic rings. The lowest BCUT2D eigenvalue weighted by atomic mass is 10.4. The largest absolute Gasteiger partial charge is 0.392 e. The van der Waals surface area contributed by atoms with Gasteiger partial charge in [-0.1, -0.05) is 0 Å². The van der Waals surface area contributed by atoms with Crippen molar-refractivity contribution in [3.63, 3.8) is 0 Å². The van der Waals surface area contributed by atoms with Crippen LogP contribution < -0.4 is 5.32 Å². The maximum atomic E-state index is 8.51. The Morgan fingerprint density at radius 1 is 1.71 bits per heavy atom. The van der Waals surface area contributed by atoms with E-state index in [1.54, 1.807) is 6.92 Å². The summed E-state index contributed by atoms with van der Waals surface area (Å²) in [6.45, 7) is 2.05. The lowest BCUT2D eigenvalue weighted by Gasteiger charge is -2.00. The molecule has 3 N–H and O–H groups in total. The molecule has 7 heavy (non-hydrogen) atoms. The van der Waals surface area contributed by atoms with Crippen molar-refractivity contribution in [1.29, 1.82) is 0 Å². The van der Waals surface area contributed by atoms with Crippen molar-refractivity contribution in [3.8, 4) is 0 Å². The zero-order chi connectivity index (χ0) is 5.70. The highest BCUT2D eigenvalue weighted by Crippen LogP contribution is 1.70. The lowest BCUT2D eigenvalue weighted by molar-refractivity contribution is 0.169. The van der Waals surface area contributed by atoms with Crippen LogP contribution in [0.2, 0.25) is 0 Å². The average molecular weight is 105 g/mol. The highest BCUT2D eigenvalue weighted by molar-refractivity contribution is 4.46. The molecule has 0 fully saturated rings. The summed E-state index contributed by atoms with van der Waals surface area (Å²) in [4.78, 5) is 0. The van der Waals surface area contributed by atoms with Gasteiger partial charge in [0, 0.05) is 6.54 Å². The third kappa shape index (κ3) is 5.88. The van der Waals surface area contributed by atoms with Crippen LogP contribution in [-0.4, -0.2) is 29.6 Å². The van der Waals surface area contributed by atoms with E-state index in [1.807, 2.05) is 0 Å². The van der Waals surface area contributed by atoms with Gasteiger partial charge in [0.25, 0.3) is 0 Å². The van der Waals surface area contributed by atoms with Gasteiger partial charge in [0.1, 0.15) is 0 Å². The summed E-state index contributed by atoms with van der Waals surface area (Å²) >= 11 is 0. The fourth-order valence-electron chi connectivity index (χ4n) is 0.273. The summed E-state index contributed by atoms with van der Waals surface area (Å²) < 4.78 is 0. The summed E-state index contributed by atoms with van der Waals surface area (Å²) in [6, 6.07) is 0. The summed E-state index contributed by atoms with van der Waals surface area (Å²) in [5, 5.41) is 19.2. The van der Waals surface area contributed by atoms with Gasteiger partial charge < -0.3 is 10.2 Å². The second kappa shape index (κ2) is 4.05. The first-order chi connectivity index (χ1) is 3.27. The molecular weight excluding hydrogens is 94.0 g/mol. The number of aliphatic hydroxyl groups excluding tert-OH is 2. The van der Waals surface area contributed by atoms with Gasteiger partial charge in [-0.15, -0.1) is 0 Å². The molecule has 3 nitrogen and oxygen atoms in total. The van der Waals surface area contributed by atoms with E-state index in [-0.39, 0.29) is 12.8 Å². The van der Waals surface area contributed by atoms with Gasteiger partial charge >= 0.3 is 0 Å². The Balaban J connectivity index is 2.68. The molecule has 0 rings (SSSR count). The van der Waals surface area contributed by atoms with Crippen LogP contribution in [0, 0.1) is 0 Å². The molecular formula is C4H11NO2. The summed E-state index contributed by atoms with van der Waals surface area (Å²) in [6.07, 6.45) is -0.368. The molecule has 0 saturated heterocycles. The highest BCUT2D eigenvalue weighted by Gasteiger charge is 1.89. The van der Waals surface area contributed by atoms with Crippen LogP contribution in [0.4, 0.5) is 0 Å². The van der Waals surface area contributed by atoms with Gasteiger partial charge in [-0.05, 0) is 6.92 Å². The van der Waals surface area contributed by atoms with Crippen LogP contribution in [-0.2, 0) is 0 Å². The molecule has 1 atom stereocenters. The minimum atomic E-state index is -0.368. The standard InChI is InChI=1S/C4H11NO2/c1-4(7)2-5-3-6/h4-7H,2-3H2,1H3. The molecule has 0 aromatic carbocycles. The Morgan fingerprint density at radius 2 is 2.29 bits per heavy atom. The Morgan fingerprint density at radius 3 is 2.43 bits per heavy atom. The van der Waals surface area contributed by atoms with Gasteiger partial charge in [-0.25, -0.2) is 0 Å². The topological polar surface area (TPSA) is 52.5 Å². The molecule has 0 radical (unpaired) electrons. The molecule has 0 amide bonds. The van der Waals surface area contributed by atoms with E-state index in [1.165, 1.54) is 0 Å². The van der Waals surface area contributed by atoms with E-state index in [4.69, 9.17) is 10.2 Å². The van der Waals surface area contributed by atoms with Crippen LogP contribution >= 0.6 is 0 Å². The molecule has 0 aromatic rings. The van der Waals surface area contributed by atoms with E-state index in [2.05, 4.69) is 5.32 Å². The minimum absolute atomic E-state index is 0.0646. The molecule has 0 saturated carbocycles. The van der Waals surface area contributed by atoms with Crippen LogP contribution in [0.3, 0.4) is 0 Å². The fraction of sp³-hybridized carbons (Fsp3) is 1.00. The van der Waals surface area contributed by atoms with Crippen molar-refractivity contribution >= 4 is 0 Å². The quantitative estimate of drug-likeness (QED) is 0.400. The van der Waals surface area contributed by atoms with E-state index in [9.17, 15) is 0 Å². The lowest BCUT2D eigenvalue weighted by Crippen LogP contribution is -2.24. The molecule has 0 aromatic heterocycles. The van der Waals surface area contributed by atoms with Gasteiger partial charge in [-0.3, -0.25) is 5.32 Å². The van der Waals surface area contributed by atoms with Crippen molar-refractivity contribution in [1.82, 2.24) is 5.32 Å². The van der Waals surface area contributed by atoms with Crippen LogP contribution in [0.15, 0.2) is 0 Å². The predicted octanol–water partition coefficient (Wildman–Crippen LogP) is -1.09. The second-order valence-corrected chi connectivity index (χ2v) is 1.46. The number of rotatable bonds is 3. The normalized spacial score (nSPS) is 14.1. The SMILES string of the molecule is CC(O)CNCO. The number of aliphatic hydroxyl groups is 2. The molecule has 0 spiro atoms. The predicted molar refractivity (Wildman–Crippen MR) is 26.8 cm³/mol. The van der Waals surface area contributed by atoms with Gasteiger partial charge in [0.05, 0.1) is 12.8 Å². The molecule has 0 aliphatic heterocycles. The fourth-order valence-corrected chi connectivity index (χ4v) is 0.273. The van der Waals surface area contributed by atoms with Crippen LogP contribution in [0.25, 0.3) is 0 Å². The highest BCUT2D eigenvalue weighted by atomic mass is 16.3. The smallest absolute Gasteiger partial charge is 0.0932 e. The maximum Gasteiger partial charge on any atom is 0.0932 e. The summed E-state index contributed by atoms with van der Waals surface area (Å²) in [5.41, 5.74) is 0. The summed E-state index contributed by atoms with van der Waals surface area (Å²) in [5.74, 6) is 0.